The summed E-state index contributed by atoms with van der Waals surface area (Å²) in [6.45, 7) is 7.02. The Kier molecular flexibility index (Phi) is 5.02. The molecule has 5 nitrogen and oxygen atoms in total. The minimum absolute atomic E-state index is 0.138. The molecule has 2 heterocycles. The van der Waals surface area contributed by atoms with Crippen molar-refractivity contribution in [3.63, 3.8) is 0 Å². The van der Waals surface area contributed by atoms with E-state index in [4.69, 9.17) is 5.73 Å². The molecule has 0 radical (unpaired) electrons. The average Bonchev–Trinajstić information content (AvgIpc) is 3.04. The fourth-order valence-corrected chi connectivity index (χ4v) is 3.38. The Morgan fingerprint density at radius 3 is 2.80 bits per heavy atom. The van der Waals surface area contributed by atoms with Gasteiger partial charge in [0.2, 0.25) is 11.8 Å². The third-order valence-corrected chi connectivity index (χ3v) is 4.68. The molecule has 2 fully saturated rings. The molecule has 2 aliphatic heterocycles. The SMILES string of the molecule is CCCC(C)N1CC(C(=O)N2CCC(CN)C2)CC1=O. The van der Waals surface area contributed by atoms with Crippen LogP contribution in [0.25, 0.3) is 0 Å². The molecule has 2 saturated heterocycles. The highest BCUT2D eigenvalue weighted by Gasteiger charge is 2.39. The van der Waals surface area contributed by atoms with Crippen LogP contribution in [0.5, 0.6) is 0 Å². The van der Waals surface area contributed by atoms with Crippen LogP contribution in [0.3, 0.4) is 0 Å². The summed E-state index contributed by atoms with van der Waals surface area (Å²) >= 11 is 0. The van der Waals surface area contributed by atoms with Gasteiger partial charge in [-0.15, -0.1) is 0 Å². The molecule has 0 aliphatic carbocycles. The third kappa shape index (κ3) is 3.14. The molecule has 2 aliphatic rings. The lowest BCUT2D eigenvalue weighted by molar-refractivity contribution is -0.135. The second-order valence-corrected chi connectivity index (χ2v) is 6.26. The molecule has 2 N–H and O–H groups in total. The van der Waals surface area contributed by atoms with Gasteiger partial charge in [-0.1, -0.05) is 13.3 Å². The number of likely N-dealkylation sites (tertiary alicyclic amines) is 2. The summed E-state index contributed by atoms with van der Waals surface area (Å²) in [5.74, 6) is 0.587. The van der Waals surface area contributed by atoms with Gasteiger partial charge in [-0.2, -0.15) is 0 Å². The first-order valence-corrected chi connectivity index (χ1v) is 7.85. The lowest BCUT2D eigenvalue weighted by Crippen LogP contribution is -2.38. The smallest absolute Gasteiger partial charge is 0.228 e. The van der Waals surface area contributed by atoms with Crippen molar-refractivity contribution in [2.24, 2.45) is 17.6 Å². The second kappa shape index (κ2) is 6.57. The first-order chi connectivity index (χ1) is 9.56. The second-order valence-electron chi connectivity index (χ2n) is 6.26. The Morgan fingerprint density at radius 1 is 1.45 bits per heavy atom. The van der Waals surface area contributed by atoms with Gasteiger partial charge in [-0.05, 0) is 32.2 Å². The van der Waals surface area contributed by atoms with Crippen molar-refractivity contribution < 1.29 is 9.59 Å². The Bertz CT molecular complexity index is 372. The van der Waals surface area contributed by atoms with Crippen LogP contribution in [0.2, 0.25) is 0 Å². The predicted molar refractivity (Wildman–Crippen MR) is 77.9 cm³/mol. The number of nitrogens with two attached hydrogens (primary N) is 1. The maximum absolute atomic E-state index is 12.5. The molecule has 20 heavy (non-hydrogen) atoms. The number of hydrogen-bond acceptors (Lipinski definition) is 3. The Hall–Kier alpha value is -1.10. The van der Waals surface area contributed by atoms with Gasteiger partial charge >= 0.3 is 0 Å². The van der Waals surface area contributed by atoms with Crippen LogP contribution in [0.15, 0.2) is 0 Å². The fourth-order valence-electron chi connectivity index (χ4n) is 3.38. The topological polar surface area (TPSA) is 66.6 Å². The average molecular weight is 281 g/mol. The molecule has 0 saturated carbocycles. The summed E-state index contributed by atoms with van der Waals surface area (Å²) in [4.78, 5) is 28.4. The van der Waals surface area contributed by atoms with Gasteiger partial charge in [-0.25, -0.2) is 0 Å². The maximum Gasteiger partial charge on any atom is 0.228 e. The summed E-state index contributed by atoms with van der Waals surface area (Å²) in [6, 6.07) is 0.251. The van der Waals surface area contributed by atoms with Gasteiger partial charge in [0, 0.05) is 32.1 Å². The molecule has 0 aromatic carbocycles. The minimum Gasteiger partial charge on any atom is -0.342 e. The molecule has 0 bridgehead atoms. The number of rotatable bonds is 5. The van der Waals surface area contributed by atoms with E-state index in [0.717, 1.165) is 32.4 Å². The Labute approximate surface area is 121 Å². The molecule has 2 amide bonds. The van der Waals surface area contributed by atoms with Crippen molar-refractivity contribution in [3.05, 3.63) is 0 Å². The molecule has 5 heteroatoms. The van der Waals surface area contributed by atoms with Crippen molar-refractivity contribution in [1.82, 2.24) is 9.80 Å². The number of carbonyl (C=O) groups is 2. The molecular formula is C15H27N3O2. The first kappa shape index (κ1) is 15.3. The van der Waals surface area contributed by atoms with E-state index in [2.05, 4.69) is 13.8 Å². The van der Waals surface area contributed by atoms with Crippen LogP contribution in [0, 0.1) is 11.8 Å². The zero-order chi connectivity index (χ0) is 14.7. The van der Waals surface area contributed by atoms with Crippen molar-refractivity contribution in [2.45, 2.75) is 45.6 Å². The monoisotopic (exact) mass is 281 g/mol. The zero-order valence-corrected chi connectivity index (χ0v) is 12.7. The van der Waals surface area contributed by atoms with Crippen LogP contribution < -0.4 is 5.73 Å². The van der Waals surface area contributed by atoms with E-state index in [1.54, 1.807) is 0 Å². The predicted octanol–water partition coefficient (Wildman–Crippen LogP) is 0.831. The van der Waals surface area contributed by atoms with E-state index >= 15 is 0 Å². The normalized spacial score (nSPS) is 28.2. The molecule has 3 unspecified atom stereocenters. The van der Waals surface area contributed by atoms with E-state index in [9.17, 15) is 9.59 Å². The molecule has 0 spiro atoms. The van der Waals surface area contributed by atoms with Gasteiger partial charge in [-0.3, -0.25) is 9.59 Å². The van der Waals surface area contributed by atoms with Crippen molar-refractivity contribution in [1.29, 1.82) is 0 Å². The van der Waals surface area contributed by atoms with Gasteiger partial charge < -0.3 is 15.5 Å². The Morgan fingerprint density at radius 2 is 2.20 bits per heavy atom. The number of nitrogens with zero attached hydrogens (tertiary/aromatic N) is 2. The minimum atomic E-state index is -0.140. The highest BCUT2D eigenvalue weighted by atomic mass is 16.2. The van der Waals surface area contributed by atoms with E-state index < -0.39 is 0 Å². The largest absolute Gasteiger partial charge is 0.342 e. The van der Waals surface area contributed by atoms with Crippen LogP contribution in [0.4, 0.5) is 0 Å². The van der Waals surface area contributed by atoms with Crippen LogP contribution in [-0.4, -0.2) is 53.8 Å². The first-order valence-electron chi connectivity index (χ1n) is 7.85. The van der Waals surface area contributed by atoms with Gasteiger partial charge in [0.15, 0.2) is 0 Å². The number of carbonyl (C=O) groups excluding carboxylic acids is 2. The van der Waals surface area contributed by atoms with E-state index in [-0.39, 0.29) is 23.8 Å². The number of hydrogen-bond donors (Lipinski definition) is 1. The molecular weight excluding hydrogens is 254 g/mol. The number of amides is 2. The highest BCUT2D eigenvalue weighted by molar-refractivity contribution is 5.89. The van der Waals surface area contributed by atoms with Crippen molar-refractivity contribution in [3.8, 4) is 0 Å². The van der Waals surface area contributed by atoms with Gasteiger partial charge in [0.05, 0.1) is 5.92 Å². The van der Waals surface area contributed by atoms with E-state index in [0.29, 0.717) is 25.4 Å². The molecule has 3 atom stereocenters. The van der Waals surface area contributed by atoms with Crippen molar-refractivity contribution >= 4 is 11.8 Å². The van der Waals surface area contributed by atoms with E-state index in [1.807, 2.05) is 9.80 Å². The summed E-state index contributed by atoms with van der Waals surface area (Å²) in [5, 5.41) is 0. The Balaban J connectivity index is 1.91. The van der Waals surface area contributed by atoms with Crippen LogP contribution >= 0.6 is 0 Å². The highest BCUT2D eigenvalue weighted by Crippen LogP contribution is 2.26. The molecule has 0 aromatic rings. The summed E-state index contributed by atoms with van der Waals surface area (Å²) in [5.41, 5.74) is 5.67. The quantitative estimate of drug-likeness (QED) is 0.811. The summed E-state index contributed by atoms with van der Waals surface area (Å²) in [7, 11) is 0. The van der Waals surface area contributed by atoms with Gasteiger partial charge in [0.1, 0.15) is 0 Å². The summed E-state index contributed by atoms with van der Waals surface area (Å²) in [6.07, 6.45) is 3.45. The zero-order valence-electron chi connectivity index (χ0n) is 12.7. The van der Waals surface area contributed by atoms with Crippen LogP contribution in [0.1, 0.15) is 39.5 Å². The van der Waals surface area contributed by atoms with Crippen LogP contribution in [-0.2, 0) is 9.59 Å². The molecule has 114 valence electrons. The van der Waals surface area contributed by atoms with Gasteiger partial charge in [0.25, 0.3) is 0 Å². The lowest BCUT2D eigenvalue weighted by atomic mass is 10.1. The standard InChI is InChI=1S/C15H27N3O2/c1-3-4-11(2)18-10-13(7-14(18)19)15(20)17-6-5-12(8-16)9-17/h11-13H,3-10,16H2,1-2H3. The third-order valence-electron chi connectivity index (χ3n) is 4.68. The summed E-state index contributed by atoms with van der Waals surface area (Å²) < 4.78 is 0. The molecule has 0 aromatic heterocycles. The van der Waals surface area contributed by atoms with Crippen molar-refractivity contribution in [2.75, 3.05) is 26.2 Å². The molecule has 2 rings (SSSR count). The maximum atomic E-state index is 12.5. The fraction of sp³-hybridized carbons (Fsp3) is 0.867. The lowest BCUT2D eigenvalue weighted by Gasteiger charge is -2.25. The van der Waals surface area contributed by atoms with E-state index in [1.165, 1.54) is 0 Å².